The maximum absolute atomic E-state index is 13.1. The van der Waals surface area contributed by atoms with Gasteiger partial charge in [0.1, 0.15) is 5.75 Å². The number of benzene rings is 2. The number of aryl methyl sites for hydroxylation is 1. The second-order valence-electron chi connectivity index (χ2n) is 12.2. The Hall–Kier alpha value is -5.06. The fourth-order valence-electron chi connectivity index (χ4n) is 6.01. The topological polar surface area (TPSA) is 235 Å². The first kappa shape index (κ1) is 40.4. The van der Waals surface area contributed by atoms with Gasteiger partial charge in [-0.05, 0) is 74.4 Å². The number of para-hydroxylation sites is 1. The number of β-amino-alcohol motifs (C(OH)–C–C–N with tert-alkyl or cyclic N) is 1. The van der Waals surface area contributed by atoms with E-state index >= 15 is 0 Å². The standard InChI is InChI=1S/C31H42N4O4.2C2H2O4/c36-27(23-33-20-16-32-17-21-33)6-3-4-22-39-28-11-8-25(9-12-28)31(38)34-18-14-26(15-19-34)35-29-7-2-1-5-24(29)10-13-30(35)37;2*3-1(4)2(5)6/h1-2,5,7-9,11-12,26-27,32,36H,3-4,6,10,13-23H2;2*(H,3,4)(H,5,6). The zero-order valence-corrected chi connectivity index (χ0v) is 28.3. The van der Waals surface area contributed by atoms with Crippen molar-refractivity contribution in [1.82, 2.24) is 15.1 Å². The number of carbonyl (C=O) groups is 6. The number of rotatable bonds is 10. The number of aliphatic hydroxyl groups excluding tert-OH is 1. The van der Waals surface area contributed by atoms with Gasteiger partial charge in [0.25, 0.3) is 5.91 Å². The molecular weight excluding hydrogens is 668 g/mol. The lowest BCUT2D eigenvalue weighted by molar-refractivity contribution is -0.159. The summed E-state index contributed by atoms with van der Waals surface area (Å²) >= 11 is 0. The summed E-state index contributed by atoms with van der Waals surface area (Å²) in [6.45, 7) is 6.65. The Morgan fingerprint density at radius 3 is 1.96 bits per heavy atom. The number of aliphatic hydroxyl groups is 1. The number of amides is 2. The van der Waals surface area contributed by atoms with Crippen molar-refractivity contribution in [1.29, 1.82) is 0 Å². The van der Waals surface area contributed by atoms with Crippen molar-refractivity contribution in [2.45, 2.75) is 57.1 Å². The van der Waals surface area contributed by atoms with Gasteiger partial charge in [-0.15, -0.1) is 0 Å². The van der Waals surface area contributed by atoms with Gasteiger partial charge < -0.3 is 45.4 Å². The third-order valence-electron chi connectivity index (χ3n) is 8.59. The van der Waals surface area contributed by atoms with Gasteiger partial charge in [0.15, 0.2) is 0 Å². The molecule has 3 aliphatic rings. The van der Waals surface area contributed by atoms with E-state index in [2.05, 4.69) is 16.3 Å². The van der Waals surface area contributed by atoms with Crippen LogP contribution in [0.15, 0.2) is 48.5 Å². The van der Waals surface area contributed by atoms with Crippen molar-refractivity contribution in [3.05, 3.63) is 59.7 Å². The van der Waals surface area contributed by atoms with Crippen LogP contribution in [0.1, 0.15) is 54.4 Å². The SMILES string of the molecule is O=C(O)C(=O)O.O=C(O)C(=O)O.O=C(c1ccc(OCCCCC(O)CN2CCNCC2)cc1)N1CCC(N2C(=O)CCc3ccccc32)CC1. The summed E-state index contributed by atoms with van der Waals surface area (Å²) in [5, 5.41) is 43.2. The van der Waals surface area contributed by atoms with Crippen LogP contribution in [0.2, 0.25) is 0 Å². The number of carboxylic acids is 4. The number of nitrogens with zero attached hydrogens (tertiary/aromatic N) is 3. The van der Waals surface area contributed by atoms with Crippen molar-refractivity contribution < 1.29 is 59.0 Å². The fraction of sp³-hybridized carbons (Fsp3) is 0.486. The second kappa shape index (κ2) is 20.6. The van der Waals surface area contributed by atoms with Crippen LogP contribution < -0.4 is 15.0 Å². The number of ether oxygens (including phenoxy) is 1. The third-order valence-corrected chi connectivity index (χ3v) is 8.59. The third kappa shape index (κ3) is 13.3. The summed E-state index contributed by atoms with van der Waals surface area (Å²) in [6, 6.07) is 15.7. The van der Waals surface area contributed by atoms with Crippen LogP contribution in [0.5, 0.6) is 5.75 Å². The molecule has 0 radical (unpaired) electrons. The van der Waals surface area contributed by atoms with E-state index in [1.807, 2.05) is 52.3 Å². The molecule has 0 bridgehead atoms. The van der Waals surface area contributed by atoms with Crippen molar-refractivity contribution in [3.8, 4) is 5.75 Å². The van der Waals surface area contributed by atoms with Gasteiger partial charge in [-0.25, -0.2) is 19.2 Å². The molecule has 0 spiro atoms. The summed E-state index contributed by atoms with van der Waals surface area (Å²) < 4.78 is 5.88. The van der Waals surface area contributed by atoms with Gasteiger partial charge in [-0.1, -0.05) is 18.2 Å². The zero-order valence-electron chi connectivity index (χ0n) is 28.3. The molecule has 2 aromatic carbocycles. The van der Waals surface area contributed by atoms with Gasteiger partial charge in [-0.3, -0.25) is 14.5 Å². The van der Waals surface area contributed by atoms with E-state index in [1.165, 1.54) is 5.56 Å². The summed E-state index contributed by atoms with van der Waals surface area (Å²) in [5.41, 5.74) is 2.94. The minimum atomic E-state index is -1.82. The molecule has 51 heavy (non-hydrogen) atoms. The number of hydrogen-bond donors (Lipinski definition) is 6. The molecule has 2 fully saturated rings. The van der Waals surface area contributed by atoms with E-state index in [0.717, 1.165) is 82.7 Å². The first-order valence-electron chi connectivity index (χ1n) is 16.8. The summed E-state index contributed by atoms with van der Waals surface area (Å²) in [7, 11) is 0. The highest BCUT2D eigenvalue weighted by atomic mass is 16.5. The number of carbonyl (C=O) groups excluding carboxylic acids is 2. The van der Waals surface area contributed by atoms with Gasteiger partial charge >= 0.3 is 23.9 Å². The predicted molar refractivity (Wildman–Crippen MR) is 183 cm³/mol. The second-order valence-corrected chi connectivity index (χ2v) is 12.2. The summed E-state index contributed by atoms with van der Waals surface area (Å²) in [6.07, 6.45) is 5.26. The molecule has 278 valence electrons. The van der Waals surface area contributed by atoms with Crippen molar-refractivity contribution in [2.75, 3.05) is 57.3 Å². The van der Waals surface area contributed by atoms with E-state index in [0.29, 0.717) is 31.7 Å². The Morgan fingerprint density at radius 1 is 0.784 bits per heavy atom. The van der Waals surface area contributed by atoms with Crippen LogP contribution in [0.3, 0.4) is 0 Å². The molecule has 16 nitrogen and oxygen atoms in total. The van der Waals surface area contributed by atoms with E-state index < -0.39 is 23.9 Å². The lowest BCUT2D eigenvalue weighted by Gasteiger charge is -2.41. The van der Waals surface area contributed by atoms with Gasteiger partial charge in [-0.2, -0.15) is 0 Å². The number of nitrogens with one attached hydrogen (secondary N) is 1. The number of hydrogen-bond acceptors (Lipinski definition) is 10. The highest BCUT2D eigenvalue weighted by molar-refractivity contribution is 6.27. The van der Waals surface area contributed by atoms with Gasteiger partial charge in [0.05, 0.1) is 12.7 Å². The maximum Gasteiger partial charge on any atom is 0.414 e. The Bertz CT molecular complexity index is 1440. The molecule has 2 aromatic rings. The highest BCUT2D eigenvalue weighted by Crippen LogP contribution is 2.32. The van der Waals surface area contributed by atoms with Crippen LogP contribution in [0.4, 0.5) is 5.69 Å². The molecule has 3 heterocycles. The average Bonchev–Trinajstić information content (AvgIpc) is 3.12. The average molecular weight is 715 g/mol. The van der Waals surface area contributed by atoms with E-state index in [4.69, 9.17) is 44.3 Å². The minimum absolute atomic E-state index is 0.0313. The quantitative estimate of drug-likeness (QED) is 0.151. The Morgan fingerprint density at radius 2 is 1.37 bits per heavy atom. The Balaban J connectivity index is 0.000000504. The molecule has 3 aliphatic heterocycles. The maximum atomic E-state index is 13.1. The van der Waals surface area contributed by atoms with Gasteiger partial charge in [0.2, 0.25) is 5.91 Å². The van der Waals surface area contributed by atoms with Crippen LogP contribution in [0.25, 0.3) is 0 Å². The molecule has 2 saturated heterocycles. The molecule has 1 atom stereocenters. The highest BCUT2D eigenvalue weighted by Gasteiger charge is 2.33. The molecule has 5 rings (SSSR count). The number of carboxylic acid groups (broad SMARTS) is 4. The molecule has 0 aromatic heterocycles. The lowest BCUT2D eigenvalue weighted by Crippen LogP contribution is -2.50. The molecule has 1 unspecified atom stereocenters. The first-order chi connectivity index (χ1) is 24.4. The summed E-state index contributed by atoms with van der Waals surface area (Å²) in [5.74, 6) is -6.31. The molecule has 16 heteroatoms. The number of fused-ring (bicyclic) bond motifs is 1. The van der Waals surface area contributed by atoms with Crippen molar-refractivity contribution in [3.63, 3.8) is 0 Å². The van der Waals surface area contributed by atoms with Crippen LogP contribution in [-0.2, 0) is 30.4 Å². The predicted octanol–water partition coefficient (Wildman–Crippen LogP) is 1.40. The molecule has 0 saturated carbocycles. The fourth-order valence-corrected chi connectivity index (χ4v) is 6.01. The van der Waals surface area contributed by atoms with Crippen LogP contribution >= 0.6 is 0 Å². The van der Waals surface area contributed by atoms with Crippen molar-refractivity contribution >= 4 is 41.4 Å². The zero-order chi connectivity index (χ0) is 37.3. The van der Waals surface area contributed by atoms with E-state index in [1.54, 1.807) is 0 Å². The van der Waals surface area contributed by atoms with E-state index in [-0.39, 0.29) is 24.0 Å². The van der Waals surface area contributed by atoms with E-state index in [9.17, 15) is 14.7 Å². The number of anilines is 1. The molecule has 2 amide bonds. The lowest BCUT2D eigenvalue weighted by atomic mass is 9.95. The normalized spacial score (nSPS) is 16.7. The van der Waals surface area contributed by atoms with Gasteiger partial charge in [0, 0.05) is 69.5 Å². The monoisotopic (exact) mass is 714 g/mol. The minimum Gasteiger partial charge on any atom is -0.494 e. The first-order valence-corrected chi connectivity index (χ1v) is 16.8. The molecule has 6 N–H and O–H groups in total. The number of aliphatic carboxylic acids is 4. The van der Waals surface area contributed by atoms with Crippen LogP contribution in [0, 0.1) is 0 Å². The smallest absolute Gasteiger partial charge is 0.414 e. The Labute approximate surface area is 295 Å². The number of piperazine rings is 1. The number of piperidine rings is 1. The Kier molecular flexibility index (Phi) is 16.3. The summed E-state index contributed by atoms with van der Waals surface area (Å²) in [4.78, 5) is 68.5. The van der Waals surface area contributed by atoms with Crippen molar-refractivity contribution in [2.24, 2.45) is 0 Å². The molecule has 0 aliphatic carbocycles. The van der Waals surface area contributed by atoms with Crippen LogP contribution in [-0.4, -0.2) is 136 Å². The molecular formula is C35H46N4O12. The largest absolute Gasteiger partial charge is 0.494 e. The number of unbranched alkanes of at least 4 members (excludes halogenated alkanes) is 1. The number of likely N-dealkylation sites (tertiary alicyclic amines) is 1.